The Morgan fingerprint density at radius 1 is 1.50 bits per heavy atom. The molecule has 2 heteroatoms. The van der Waals surface area contributed by atoms with Gasteiger partial charge in [-0.15, -0.1) is 6.58 Å². The molecule has 1 aliphatic rings. The van der Waals surface area contributed by atoms with E-state index in [9.17, 15) is 0 Å². The third-order valence-corrected chi connectivity index (χ3v) is 2.81. The van der Waals surface area contributed by atoms with Crippen LogP contribution in [0.5, 0.6) is 5.75 Å². The molecule has 16 heavy (non-hydrogen) atoms. The minimum atomic E-state index is 0.919. The summed E-state index contributed by atoms with van der Waals surface area (Å²) >= 11 is 0. The third-order valence-electron chi connectivity index (χ3n) is 2.81. The number of ether oxygens (including phenoxy) is 1. The highest BCUT2D eigenvalue weighted by Crippen LogP contribution is 2.24. The van der Waals surface area contributed by atoms with Crippen molar-refractivity contribution in [2.24, 2.45) is 0 Å². The minimum absolute atomic E-state index is 0.919. The molecule has 0 saturated heterocycles. The number of methoxy groups -OCH3 is 1. The molecule has 1 heterocycles. The third kappa shape index (κ3) is 2.27. The fourth-order valence-electron chi connectivity index (χ4n) is 1.87. The number of hydrogen-bond acceptors (Lipinski definition) is 2. The van der Waals surface area contributed by atoms with Gasteiger partial charge >= 0.3 is 0 Å². The second kappa shape index (κ2) is 4.88. The average molecular weight is 215 g/mol. The van der Waals surface area contributed by atoms with Crippen molar-refractivity contribution in [1.29, 1.82) is 0 Å². The summed E-state index contributed by atoms with van der Waals surface area (Å²) in [6.45, 7) is 5.75. The predicted molar refractivity (Wildman–Crippen MR) is 67.3 cm³/mol. The fourth-order valence-corrected chi connectivity index (χ4v) is 1.87. The summed E-state index contributed by atoms with van der Waals surface area (Å²) in [6, 6.07) is 6.24. The Hall–Kier alpha value is -1.70. The lowest BCUT2D eigenvalue weighted by Crippen LogP contribution is -2.20. The fraction of sp³-hybridized carbons (Fsp3) is 0.286. The maximum atomic E-state index is 5.21. The van der Waals surface area contributed by atoms with Crippen LogP contribution in [0.3, 0.4) is 0 Å². The van der Waals surface area contributed by atoms with Gasteiger partial charge < -0.3 is 9.64 Å². The molecule has 0 fully saturated rings. The summed E-state index contributed by atoms with van der Waals surface area (Å²) in [5.74, 6) is 0.919. The Morgan fingerprint density at radius 2 is 2.38 bits per heavy atom. The minimum Gasteiger partial charge on any atom is -0.497 e. The first-order chi connectivity index (χ1) is 7.83. The summed E-state index contributed by atoms with van der Waals surface area (Å²) < 4.78 is 5.21. The van der Waals surface area contributed by atoms with Gasteiger partial charge in [-0.3, -0.25) is 0 Å². The van der Waals surface area contributed by atoms with Gasteiger partial charge in [0.15, 0.2) is 0 Å². The van der Waals surface area contributed by atoms with Crippen molar-refractivity contribution in [2.45, 2.75) is 13.0 Å². The highest BCUT2D eigenvalue weighted by Gasteiger charge is 2.10. The van der Waals surface area contributed by atoms with Crippen LogP contribution in [0.4, 0.5) is 0 Å². The zero-order valence-corrected chi connectivity index (χ0v) is 9.65. The maximum Gasteiger partial charge on any atom is 0.119 e. The maximum absolute atomic E-state index is 5.21. The van der Waals surface area contributed by atoms with E-state index in [1.807, 2.05) is 12.1 Å². The van der Waals surface area contributed by atoms with Crippen molar-refractivity contribution in [3.8, 4) is 5.75 Å². The number of benzene rings is 1. The summed E-state index contributed by atoms with van der Waals surface area (Å²) in [4.78, 5) is 2.30. The van der Waals surface area contributed by atoms with Crippen LogP contribution in [0.15, 0.2) is 37.1 Å². The molecule has 0 atom stereocenters. The molecule has 2 nitrogen and oxygen atoms in total. The van der Waals surface area contributed by atoms with E-state index in [1.54, 1.807) is 7.11 Å². The molecule has 0 unspecified atom stereocenters. The first kappa shape index (κ1) is 10.8. The number of fused-ring (bicyclic) bond motifs is 1. The van der Waals surface area contributed by atoms with E-state index in [-0.39, 0.29) is 0 Å². The molecule has 0 aromatic heterocycles. The normalized spacial score (nSPS) is 13.4. The highest BCUT2D eigenvalue weighted by molar-refractivity contribution is 5.58. The monoisotopic (exact) mass is 215 g/mol. The topological polar surface area (TPSA) is 12.5 Å². The van der Waals surface area contributed by atoms with Gasteiger partial charge in [0, 0.05) is 13.1 Å². The van der Waals surface area contributed by atoms with Gasteiger partial charge in [-0.1, -0.05) is 12.1 Å². The Bertz CT molecular complexity index is 409. The molecular formula is C14H17NO. The molecule has 1 aromatic carbocycles. The highest BCUT2D eigenvalue weighted by atomic mass is 16.5. The Morgan fingerprint density at radius 3 is 3.12 bits per heavy atom. The largest absolute Gasteiger partial charge is 0.497 e. The van der Waals surface area contributed by atoms with Crippen LogP contribution in [-0.2, 0) is 6.54 Å². The summed E-state index contributed by atoms with van der Waals surface area (Å²) in [7, 11) is 1.70. The SMILES string of the molecule is C=CCCN1C=Cc2cc(OC)ccc2C1. The van der Waals surface area contributed by atoms with E-state index in [2.05, 4.69) is 35.9 Å². The van der Waals surface area contributed by atoms with E-state index in [4.69, 9.17) is 4.74 Å². The lowest BCUT2D eigenvalue weighted by molar-refractivity contribution is 0.372. The van der Waals surface area contributed by atoms with Crippen molar-refractivity contribution < 1.29 is 4.74 Å². The van der Waals surface area contributed by atoms with Crippen LogP contribution in [0, 0.1) is 0 Å². The Labute approximate surface area is 96.8 Å². The number of hydrogen-bond donors (Lipinski definition) is 0. The van der Waals surface area contributed by atoms with Crippen LogP contribution in [0.2, 0.25) is 0 Å². The smallest absolute Gasteiger partial charge is 0.119 e. The van der Waals surface area contributed by atoms with Crippen molar-refractivity contribution in [2.75, 3.05) is 13.7 Å². The van der Waals surface area contributed by atoms with E-state index in [0.29, 0.717) is 0 Å². The molecule has 1 aromatic rings. The van der Waals surface area contributed by atoms with Crippen molar-refractivity contribution in [1.82, 2.24) is 4.90 Å². The zero-order valence-electron chi connectivity index (χ0n) is 9.65. The second-order valence-electron chi connectivity index (χ2n) is 3.93. The molecule has 1 aliphatic heterocycles. The average Bonchev–Trinajstić information content (AvgIpc) is 2.35. The first-order valence-corrected chi connectivity index (χ1v) is 5.53. The van der Waals surface area contributed by atoms with Crippen LogP contribution in [-0.4, -0.2) is 18.6 Å². The van der Waals surface area contributed by atoms with Gasteiger partial charge in [0.2, 0.25) is 0 Å². The van der Waals surface area contributed by atoms with Crippen LogP contribution in [0.25, 0.3) is 6.08 Å². The summed E-state index contributed by atoms with van der Waals surface area (Å²) in [6.07, 6.45) is 7.27. The van der Waals surface area contributed by atoms with Crippen LogP contribution in [0.1, 0.15) is 17.5 Å². The zero-order chi connectivity index (χ0) is 11.4. The van der Waals surface area contributed by atoms with Gasteiger partial charge in [-0.2, -0.15) is 0 Å². The molecule has 84 valence electrons. The molecule has 0 spiro atoms. The second-order valence-corrected chi connectivity index (χ2v) is 3.93. The molecule has 2 rings (SSSR count). The van der Waals surface area contributed by atoms with E-state index in [1.165, 1.54) is 11.1 Å². The lowest BCUT2D eigenvalue weighted by atomic mass is 10.0. The standard InChI is InChI=1S/C14H17NO/c1-3-4-8-15-9-7-12-10-14(16-2)6-5-13(12)11-15/h3,5-7,9-10H,1,4,8,11H2,2H3. The number of nitrogens with zero attached hydrogens (tertiary/aromatic N) is 1. The van der Waals surface area contributed by atoms with E-state index < -0.39 is 0 Å². The summed E-state index contributed by atoms with van der Waals surface area (Å²) in [5.41, 5.74) is 2.61. The predicted octanol–water partition coefficient (Wildman–Crippen LogP) is 3.06. The lowest BCUT2D eigenvalue weighted by Gasteiger charge is -2.25. The Kier molecular flexibility index (Phi) is 3.30. The molecule has 0 radical (unpaired) electrons. The van der Waals surface area contributed by atoms with E-state index in [0.717, 1.165) is 25.3 Å². The quantitative estimate of drug-likeness (QED) is 0.716. The molecule has 0 saturated carbocycles. The van der Waals surface area contributed by atoms with Gasteiger partial charge in [0.1, 0.15) is 5.75 Å². The van der Waals surface area contributed by atoms with Crippen LogP contribution >= 0.6 is 0 Å². The van der Waals surface area contributed by atoms with Gasteiger partial charge in [-0.05, 0) is 42.0 Å². The molecule has 0 amide bonds. The van der Waals surface area contributed by atoms with Crippen molar-refractivity contribution in [3.63, 3.8) is 0 Å². The van der Waals surface area contributed by atoms with Crippen molar-refractivity contribution in [3.05, 3.63) is 48.2 Å². The van der Waals surface area contributed by atoms with Crippen LogP contribution < -0.4 is 4.74 Å². The first-order valence-electron chi connectivity index (χ1n) is 5.53. The molecule has 0 bridgehead atoms. The van der Waals surface area contributed by atoms with E-state index >= 15 is 0 Å². The van der Waals surface area contributed by atoms with Gasteiger partial charge in [0.05, 0.1) is 7.11 Å². The van der Waals surface area contributed by atoms with Gasteiger partial charge in [0.25, 0.3) is 0 Å². The number of rotatable bonds is 4. The van der Waals surface area contributed by atoms with Gasteiger partial charge in [-0.25, -0.2) is 0 Å². The van der Waals surface area contributed by atoms with Crippen molar-refractivity contribution >= 4 is 6.08 Å². The summed E-state index contributed by atoms with van der Waals surface area (Å²) in [5, 5.41) is 0. The molecule has 0 aliphatic carbocycles. The Balaban J connectivity index is 2.13. The molecule has 0 N–H and O–H groups in total. The molecular weight excluding hydrogens is 198 g/mol.